The molecular formula is C17H18N6OS. The molecule has 5 rings (SSSR count). The predicted molar refractivity (Wildman–Crippen MR) is 96.2 cm³/mol. The summed E-state index contributed by atoms with van der Waals surface area (Å²) in [6.07, 6.45) is 6.42. The first-order valence-corrected chi connectivity index (χ1v) is 9.32. The number of rotatable bonds is 3. The van der Waals surface area contributed by atoms with E-state index in [-0.39, 0.29) is 10.9 Å². The van der Waals surface area contributed by atoms with Crippen molar-refractivity contribution in [2.24, 2.45) is 0 Å². The van der Waals surface area contributed by atoms with E-state index in [0.717, 1.165) is 42.5 Å². The van der Waals surface area contributed by atoms with Crippen molar-refractivity contribution in [3.05, 3.63) is 42.6 Å². The van der Waals surface area contributed by atoms with Crippen LogP contribution in [0.15, 0.2) is 36.9 Å². The number of hydrogen-bond donors (Lipinski definition) is 0. The van der Waals surface area contributed by atoms with Gasteiger partial charge in [0.15, 0.2) is 0 Å². The summed E-state index contributed by atoms with van der Waals surface area (Å²) in [5.41, 5.74) is 0.966. The molecule has 5 heterocycles. The number of ether oxygens (including phenoxy) is 1. The highest BCUT2D eigenvalue weighted by atomic mass is 32.2. The van der Waals surface area contributed by atoms with Crippen molar-refractivity contribution in [2.75, 3.05) is 23.7 Å². The number of fused-ring (bicyclic) bond motifs is 1. The fourth-order valence-electron chi connectivity index (χ4n) is 3.66. The molecule has 1 atom stereocenters. The second-order valence-corrected chi connectivity index (χ2v) is 8.20. The lowest BCUT2D eigenvalue weighted by Gasteiger charge is -2.48. The summed E-state index contributed by atoms with van der Waals surface area (Å²) in [7, 11) is 0. The van der Waals surface area contributed by atoms with Crippen molar-refractivity contribution < 1.29 is 4.74 Å². The minimum Gasteiger partial charge on any atom is -0.488 e. The lowest BCUT2D eigenvalue weighted by Crippen LogP contribution is -2.59. The van der Waals surface area contributed by atoms with E-state index >= 15 is 0 Å². The zero-order valence-electron chi connectivity index (χ0n) is 13.9. The summed E-state index contributed by atoms with van der Waals surface area (Å²) in [6, 6.07) is 5.96. The third-order valence-electron chi connectivity index (χ3n) is 4.76. The van der Waals surface area contributed by atoms with E-state index in [2.05, 4.69) is 31.0 Å². The number of aromatic nitrogens is 5. The van der Waals surface area contributed by atoms with Crippen LogP contribution in [0.2, 0.25) is 0 Å². The van der Waals surface area contributed by atoms with E-state index in [1.165, 1.54) is 0 Å². The number of hydrogen-bond acceptors (Lipinski definition) is 7. The molecule has 0 N–H and O–H groups in total. The standard InChI is InChI=1S/C17H18N6OS/c1-12-5-15(23-16(21-12)19-11-20-23)22-9-17(10-22)6-14(8-25-17)24-13-3-2-4-18-7-13/h2-5,7,11,14H,6,8-10H2,1H3/t14-/m1/s1. The first kappa shape index (κ1) is 14.9. The monoisotopic (exact) mass is 354 g/mol. The van der Waals surface area contributed by atoms with Gasteiger partial charge in [0.2, 0.25) is 0 Å². The lowest BCUT2D eigenvalue weighted by atomic mass is 9.93. The average molecular weight is 354 g/mol. The van der Waals surface area contributed by atoms with Crippen molar-refractivity contribution in [3.8, 4) is 5.75 Å². The highest BCUT2D eigenvalue weighted by Crippen LogP contribution is 2.47. The van der Waals surface area contributed by atoms with Crippen molar-refractivity contribution >= 4 is 23.4 Å². The second-order valence-electron chi connectivity index (χ2n) is 6.71. The smallest absolute Gasteiger partial charge is 0.254 e. The fraction of sp³-hybridized carbons (Fsp3) is 0.412. The molecule has 0 amide bonds. The quantitative estimate of drug-likeness (QED) is 0.712. The first-order chi connectivity index (χ1) is 12.2. The minimum absolute atomic E-state index is 0.252. The molecule has 2 aliphatic rings. The third kappa shape index (κ3) is 2.60. The zero-order chi connectivity index (χ0) is 16.9. The number of aryl methyl sites for hydroxylation is 1. The van der Waals surface area contributed by atoms with E-state index < -0.39 is 0 Å². The molecule has 0 aliphatic carbocycles. The van der Waals surface area contributed by atoms with Gasteiger partial charge in [0, 0.05) is 43.2 Å². The Balaban J connectivity index is 1.29. The molecule has 2 aliphatic heterocycles. The van der Waals surface area contributed by atoms with E-state index in [1.807, 2.05) is 35.3 Å². The van der Waals surface area contributed by atoms with E-state index in [0.29, 0.717) is 5.78 Å². The van der Waals surface area contributed by atoms with E-state index in [1.54, 1.807) is 18.7 Å². The summed E-state index contributed by atoms with van der Waals surface area (Å²) in [6.45, 7) is 4.00. The highest BCUT2D eigenvalue weighted by Gasteiger charge is 2.50. The molecular weight excluding hydrogens is 336 g/mol. The molecule has 1 spiro atoms. The molecule has 25 heavy (non-hydrogen) atoms. The van der Waals surface area contributed by atoms with E-state index in [9.17, 15) is 0 Å². The van der Waals surface area contributed by atoms with Gasteiger partial charge in [-0.25, -0.2) is 4.98 Å². The SMILES string of the molecule is Cc1cc(N2CC3(C[C@@H](Oc4cccnc4)CS3)C2)n2ncnc2n1. The van der Waals surface area contributed by atoms with E-state index in [4.69, 9.17) is 4.74 Å². The Labute approximate surface area is 149 Å². The summed E-state index contributed by atoms with van der Waals surface area (Å²) >= 11 is 2.02. The first-order valence-electron chi connectivity index (χ1n) is 8.34. The zero-order valence-corrected chi connectivity index (χ0v) is 14.7. The van der Waals surface area contributed by atoms with Gasteiger partial charge in [0.25, 0.3) is 5.78 Å². The van der Waals surface area contributed by atoms with Crippen LogP contribution < -0.4 is 9.64 Å². The Hall–Kier alpha value is -2.35. The maximum Gasteiger partial charge on any atom is 0.254 e. The molecule has 3 aromatic heterocycles. The van der Waals surface area contributed by atoms with Gasteiger partial charge in [0.05, 0.1) is 10.9 Å². The summed E-state index contributed by atoms with van der Waals surface area (Å²) < 4.78 is 8.18. The van der Waals surface area contributed by atoms with Crippen LogP contribution in [-0.2, 0) is 0 Å². The molecule has 128 valence electrons. The Morgan fingerprint density at radius 3 is 3.12 bits per heavy atom. The molecule has 0 unspecified atom stereocenters. The molecule has 2 fully saturated rings. The van der Waals surface area contributed by atoms with Crippen LogP contribution in [0.3, 0.4) is 0 Å². The van der Waals surface area contributed by atoms with Gasteiger partial charge in [-0.15, -0.1) is 11.8 Å². The summed E-state index contributed by atoms with van der Waals surface area (Å²) in [5.74, 6) is 3.61. The normalized spacial score (nSPS) is 21.6. The van der Waals surface area contributed by atoms with Gasteiger partial charge in [0.1, 0.15) is 24.0 Å². The number of pyridine rings is 1. The van der Waals surface area contributed by atoms with Crippen LogP contribution in [-0.4, -0.2) is 54.3 Å². The number of nitrogens with zero attached hydrogens (tertiary/aromatic N) is 6. The average Bonchev–Trinajstić information content (AvgIpc) is 3.20. The van der Waals surface area contributed by atoms with Crippen LogP contribution >= 0.6 is 11.8 Å². The Morgan fingerprint density at radius 2 is 2.28 bits per heavy atom. The molecule has 0 aromatic carbocycles. The van der Waals surface area contributed by atoms with Gasteiger partial charge >= 0.3 is 0 Å². The molecule has 2 saturated heterocycles. The third-order valence-corrected chi connectivity index (χ3v) is 6.33. The van der Waals surface area contributed by atoms with Crippen molar-refractivity contribution in [1.29, 1.82) is 0 Å². The Bertz CT molecular complexity index is 908. The van der Waals surface area contributed by atoms with Crippen molar-refractivity contribution in [1.82, 2.24) is 24.6 Å². The van der Waals surface area contributed by atoms with Gasteiger partial charge in [-0.05, 0) is 19.1 Å². The van der Waals surface area contributed by atoms with Crippen LogP contribution in [0.4, 0.5) is 5.82 Å². The van der Waals surface area contributed by atoms with Gasteiger partial charge in [-0.3, -0.25) is 4.98 Å². The lowest BCUT2D eigenvalue weighted by molar-refractivity contribution is 0.201. The maximum atomic E-state index is 6.08. The second kappa shape index (κ2) is 5.59. The van der Waals surface area contributed by atoms with Gasteiger partial charge < -0.3 is 9.64 Å². The molecule has 7 nitrogen and oxygen atoms in total. The Morgan fingerprint density at radius 1 is 1.36 bits per heavy atom. The molecule has 8 heteroatoms. The van der Waals surface area contributed by atoms with Gasteiger partial charge in [-0.2, -0.15) is 14.6 Å². The van der Waals surface area contributed by atoms with Crippen LogP contribution in [0.25, 0.3) is 5.78 Å². The minimum atomic E-state index is 0.252. The van der Waals surface area contributed by atoms with Crippen LogP contribution in [0.5, 0.6) is 5.75 Å². The topological polar surface area (TPSA) is 68.4 Å². The molecule has 0 radical (unpaired) electrons. The van der Waals surface area contributed by atoms with Crippen LogP contribution in [0.1, 0.15) is 12.1 Å². The molecule has 0 bridgehead atoms. The van der Waals surface area contributed by atoms with Crippen LogP contribution in [0, 0.1) is 6.92 Å². The molecule has 0 saturated carbocycles. The van der Waals surface area contributed by atoms with Gasteiger partial charge in [-0.1, -0.05) is 0 Å². The fourth-order valence-corrected chi connectivity index (χ4v) is 5.18. The molecule has 3 aromatic rings. The summed E-state index contributed by atoms with van der Waals surface area (Å²) in [4.78, 5) is 15.1. The largest absolute Gasteiger partial charge is 0.488 e. The highest BCUT2D eigenvalue weighted by molar-refractivity contribution is 8.01. The van der Waals surface area contributed by atoms with Crippen molar-refractivity contribution in [2.45, 2.75) is 24.2 Å². The summed E-state index contributed by atoms with van der Waals surface area (Å²) in [5, 5.41) is 4.31. The number of anilines is 1. The maximum absolute atomic E-state index is 6.08. The number of thioether (sulfide) groups is 1. The Kier molecular flexibility index (Phi) is 3.34. The predicted octanol–water partition coefficient (Wildman–Crippen LogP) is 1.97. The van der Waals surface area contributed by atoms with Crippen molar-refractivity contribution in [3.63, 3.8) is 0 Å².